The molecule has 0 saturated carbocycles. The second kappa shape index (κ2) is 9.17. The number of benzene rings is 2. The number of hydrogen-bond donors (Lipinski definition) is 2. The molecule has 2 aromatic carbocycles. The highest BCUT2D eigenvalue weighted by Crippen LogP contribution is 2.09. The van der Waals surface area contributed by atoms with Gasteiger partial charge in [0, 0.05) is 6.54 Å². The molecular weight excluding hydrogens is 234 g/mol. The number of hydrogen-bond acceptors (Lipinski definition) is 2. The highest BCUT2D eigenvalue weighted by molar-refractivity contribution is 5.26. The third kappa shape index (κ3) is 6.07. The molecule has 0 atom stereocenters. The fourth-order valence-electron chi connectivity index (χ4n) is 1.72. The Morgan fingerprint density at radius 2 is 1.47 bits per heavy atom. The van der Waals surface area contributed by atoms with Crippen LogP contribution in [0.1, 0.15) is 25.0 Å². The fourth-order valence-corrected chi connectivity index (χ4v) is 1.72. The Balaban J connectivity index is 0.000000861. The summed E-state index contributed by atoms with van der Waals surface area (Å²) in [5, 5.41) is 12.6. The van der Waals surface area contributed by atoms with Gasteiger partial charge in [0.1, 0.15) is 5.75 Å². The van der Waals surface area contributed by atoms with Gasteiger partial charge in [0.05, 0.1) is 0 Å². The molecule has 0 aliphatic rings. The van der Waals surface area contributed by atoms with Gasteiger partial charge in [-0.05, 0) is 36.2 Å². The molecule has 102 valence electrons. The minimum absolute atomic E-state index is 0.325. The fraction of sp³-hybridized carbons (Fsp3) is 0.294. The minimum atomic E-state index is 0.325. The summed E-state index contributed by atoms with van der Waals surface area (Å²) in [5.74, 6) is 0.325. The van der Waals surface area contributed by atoms with E-state index in [0.717, 1.165) is 19.5 Å². The lowest BCUT2D eigenvalue weighted by Gasteiger charge is -2.05. The molecule has 0 unspecified atom stereocenters. The van der Waals surface area contributed by atoms with Crippen molar-refractivity contribution in [3.8, 4) is 5.75 Å². The van der Waals surface area contributed by atoms with Crippen molar-refractivity contribution in [2.45, 2.75) is 26.8 Å². The predicted molar refractivity (Wildman–Crippen MR) is 81.3 cm³/mol. The van der Waals surface area contributed by atoms with Crippen molar-refractivity contribution >= 4 is 0 Å². The lowest BCUT2D eigenvalue weighted by Crippen LogP contribution is -2.16. The van der Waals surface area contributed by atoms with Crippen LogP contribution in [0.3, 0.4) is 0 Å². The maximum Gasteiger partial charge on any atom is 0.115 e. The molecule has 2 heteroatoms. The predicted octanol–water partition coefficient (Wildman–Crippen LogP) is 3.75. The molecule has 2 rings (SSSR count). The zero-order chi connectivity index (χ0) is 13.9. The number of aromatic hydroxyl groups is 1. The average molecular weight is 257 g/mol. The van der Waals surface area contributed by atoms with Gasteiger partial charge in [-0.1, -0.05) is 56.3 Å². The van der Waals surface area contributed by atoms with E-state index in [0.29, 0.717) is 5.75 Å². The summed E-state index contributed by atoms with van der Waals surface area (Å²) in [5.41, 5.74) is 2.54. The molecule has 2 aromatic rings. The Labute approximate surface area is 116 Å². The Kier molecular flexibility index (Phi) is 7.37. The van der Waals surface area contributed by atoms with Crippen LogP contribution >= 0.6 is 0 Å². The van der Waals surface area contributed by atoms with Crippen molar-refractivity contribution in [3.63, 3.8) is 0 Å². The Hall–Kier alpha value is -1.80. The van der Waals surface area contributed by atoms with E-state index in [1.165, 1.54) is 11.1 Å². The zero-order valence-corrected chi connectivity index (χ0v) is 11.8. The van der Waals surface area contributed by atoms with Crippen molar-refractivity contribution in [2.75, 3.05) is 6.54 Å². The van der Waals surface area contributed by atoms with E-state index in [4.69, 9.17) is 5.11 Å². The van der Waals surface area contributed by atoms with Gasteiger partial charge in [-0.2, -0.15) is 0 Å². The van der Waals surface area contributed by atoms with Crippen LogP contribution < -0.4 is 5.32 Å². The van der Waals surface area contributed by atoms with Gasteiger partial charge >= 0.3 is 0 Å². The Bertz CT molecular complexity index is 437. The third-order valence-corrected chi connectivity index (χ3v) is 2.70. The molecule has 2 nitrogen and oxygen atoms in total. The van der Waals surface area contributed by atoms with E-state index in [2.05, 4.69) is 29.6 Å². The third-order valence-electron chi connectivity index (χ3n) is 2.70. The molecule has 0 fully saturated rings. The van der Waals surface area contributed by atoms with Crippen LogP contribution in [-0.2, 0) is 13.0 Å². The van der Waals surface area contributed by atoms with Gasteiger partial charge in [0.2, 0.25) is 0 Å². The van der Waals surface area contributed by atoms with E-state index in [-0.39, 0.29) is 0 Å². The maximum absolute atomic E-state index is 9.16. The summed E-state index contributed by atoms with van der Waals surface area (Å²) in [6.07, 6.45) is 0.979. The van der Waals surface area contributed by atoms with Gasteiger partial charge < -0.3 is 10.4 Å². The molecular formula is C17H23NO. The van der Waals surface area contributed by atoms with Crippen LogP contribution in [0.15, 0.2) is 54.6 Å². The SMILES string of the molecule is CC.Oc1ccc(CCNCc2ccccc2)cc1. The summed E-state index contributed by atoms with van der Waals surface area (Å²) in [6, 6.07) is 17.7. The lowest BCUT2D eigenvalue weighted by molar-refractivity contribution is 0.475. The lowest BCUT2D eigenvalue weighted by atomic mass is 10.1. The Morgan fingerprint density at radius 1 is 0.842 bits per heavy atom. The summed E-state index contributed by atoms with van der Waals surface area (Å²) in [4.78, 5) is 0. The molecule has 0 spiro atoms. The summed E-state index contributed by atoms with van der Waals surface area (Å²) < 4.78 is 0. The molecule has 0 amide bonds. The minimum Gasteiger partial charge on any atom is -0.508 e. The molecule has 0 saturated heterocycles. The van der Waals surface area contributed by atoms with Gasteiger partial charge in [0.15, 0.2) is 0 Å². The van der Waals surface area contributed by atoms with Crippen molar-refractivity contribution in [1.82, 2.24) is 5.32 Å². The largest absolute Gasteiger partial charge is 0.508 e. The van der Waals surface area contributed by atoms with E-state index >= 15 is 0 Å². The van der Waals surface area contributed by atoms with E-state index in [1.54, 1.807) is 12.1 Å². The van der Waals surface area contributed by atoms with Crippen LogP contribution in [-0.4, -0.2) is 11.7 Å². The van der Waals surface area contributed by atoms with Gasteiger partial charge in [0.25, 0.3) is 0 Å². The van der Waals surface area contributed by atoms with E-state index in [9.17, 15) is 0 Å². The quantitative estimate of drug-likeness (QED) is 0.800. The van der Waals surface area contributed by atoms with E-state index < -0.39 is 0 Å². The van der Waals surface area contributed by atoms with Crippen LogP contribution in [0.25, 0.3) is 0 Å². The molecule has 0 aliphatic heterocycles. The number of rotatable bonds is 5. The number of phenols is 1. The van der Waals surface area contributed by atoms with Gasteiger partial charge in [-0.3, -0.25) is 0 Å². The monoisotopic (exact) mass is 257 g/mol. The smallest absolute Gasteiger partial charge is 0.115 e. The summed E-state index contributed by atoms with van der Waals surface area (Å²) in [7, 11) is 0. The Morgan fingerprint density at radius 3 is 2.11 bits per heavy atom. The second-order valence-corrected chi connectivity index (χ2v) is 4.08. The highest BCUT2D eigenvalue weighted by atomic mass is 16.3. The topological polar surface area (TPSA) is 32.3 Å². The second-order valence-electron chi connectivity index (χ2n) is 4.08. The van der Waals surface area contributed by atoms with Crippen LogP contribution in [0.2, 0.25) is 0 Å². The van der Waals surface area contributed by atoms with Crippen LogP contribution in [0, 0.1) is 0 Å². The van der Waals surface area contributed by atoms with Gasteiger partial charge in [-0.25, -0.2) is 0 Å². The number of nitrogens with one attached hydrogen (secondary N) is 1. The standard InChI is InChI=1S/C15H17NO.C2H6/c17-15-8-6-13(7-9-15)10-11-16-12-14-4-2-1-3-5-14;1-2/h1-9,16-17H,10-12H2;1-2H3. The average Bonchev–Trinajstić information content (AvgIpc) is 2.49. The van der Waals surface area contributed by atoms with Crippen molar-refractivity contribution < 1.29 is 5.11 Å². The first-order valence-corrected chi connectivity index (χ1v) is 6.87. The summed E-state index contributed by atoms with van der Waals surface area (Å²) in [6.45, 7) is 5.85. The van der Waals surface area contributed by atoms with E-state index in [1.807, 2.05) is 32.0 Å². The first kappa shape index (κ1) is 15.3. The maximum atomic E-state index is 9.16. The molecule has 19 heavy (non-hydrogen) atoms. The van der Waals surface area contributed by atoms with Gasteiger partial charge in [-0.15, -0.1) is 0 Å². The first-order chi connectivity index (χ1) is 9.34. The van der Waals surface area contributed by atoms with Crippen molar-refractivity contribution in [2.24, 2.45) is 0 Å². The molecule has 0 aliphatic carbocycles. The normalized spacial score (nSPS) is 9.58. The summed E-state index contributed by atoms with van der Waals surface area (Å²) >= 11 is 0. The van der Waals surface area contributed by atoms with Crippen molar-refractivity contribution in [3.05, 3.63) is 65.7 Å². The van der Waals surface area contributed by atoms with Crippen LogP contribution in [0.5, 0.6) is 5.75 Å². The molecule has 0 heterocycles. The molecule has 0 aromatic heterocycles. The number of phenolic OH excluding ortho intramolecular Hbond substituents is 1. The van der Waals surface area contributed by atoms with Crippen LogP contribution in [0.4, 0.5) is 0 Å². The molecule has 0 radical (unpaired) electrons. The molecule has 0 bridgehead atoms. The van der Waals surface area contributed by atoms with Crippen molar-refractivity contribution in [1.29, 1.82) is 0 Å². The zero-order valence-electron chi connectivity index (χ0n) is 11.8. The first-order valence-electron chi connectivity index (χ1n) is 6.87. The molecule has 2 N–H and O–H groups in total. The highest BCUT2D eigenvalue weighted by Gasteiger charge is 1.94.